The van der Waals surface area contributed by atoms with Crippen molar-refractivity contribution in [2.75, 3.05) is 26.3 Å². The fourth-order valence-corrected chi connectivity index (χ4v) is 1.86. The lowest BCUT2D eigenvalue weighted by Crippen LogP contribution is -2.37. The highest BCUT2D eigenvalue weighted by atomic mass is 16.5. The first-order chi connectivity index (χ1) is 10.2. The molecule has 2 amide bonds. The Bertz CT molecular complexity index is 390. The minimum atomic E-state index is -0.101. The van der Waals surface area contributed by atoms with Crippen LogP contribution in [0.2, 0.25) is 0 Å². The lowest BCUT2D eigenvalue weighted by Gasteiger charge is -2.08. The Labute approximate surface area is 128 Å². The number of carbonyl (C=O) groups excluding carboxylic acids is 1. The summed E-state index contributed by atoms with van der Waals surface area (Å²) in [6, 6.07) is 8.28. The number of hydrogen-bond donors (Lipinski definition) is 2. The molecule has 21 heavy (non-hydrogen) atoms. The molecule has 0 aliphatic rings. The summed E-state index contributed by atoms with van der Waals surface area (Å²) >= 11 is 0. The van der Waals surface area contributed by atoms with Gasteiger partial charge in [0, 0.05) is 26.3 Å². The normalized spacial score (nSPS) is 10.4. The number of ether oxygens (including phenoxy) is 1. The van der Waals surface area contributed by atoms with Gasteiger partial charge >= 0.3 is 6.03 Å². The van der Waals surface area contributed by atoms with Gasteiger partial charge in [0.15, 0.2) is 0 Å². The van der Waals surface area contributed by atoms with Crippen molar-refractivity contribution in [3.05, 3.63) is 35.4 Å². The van der Waals surface area contributed by atoms with Crippen LogP contribution in [0.15, 0.2) is 24.3 Å². The molecule has 1 aromatic carbocycles. The van der Waals surface area contributed by atoms with E-state index in [0.29, 0.717) is 19.7 Å². The van der Waals surface area contributed by atoms with Gasteiger partial charge in [-0.05, 0) is 31.7 Å². The van der Waals surface area contributed by atoms with Crippen LogP contribution in [0.5, 0.6) is 0 Å². The molecule has 0 aromatic heterocycles. The van der Waals surface area contributed by atoms with E-state index in [1.54, 1.807) is 0 Å². The molecule has 4 heteroatoms. The maximum Gasteiger partial charge on any atom is 0.314 e. The van der Waals surface area contributed by atoms with Crippen molar-refractivity contribution in [1.29, 1.82) is 0 Å². The maximum absolute atomic E-state index is 11.6. The highest BCUT2D eigenvalue weighted by Gasteiger charge is 1.99. The molecule has 0 unspecified atom stereocenters. The Balaban J connectivity index is 1.97. The van der Waals surface area contributed by atoms with Crippen LogP contribution in [0.3, 0.4) is 0 Å². The average molecular weight is 292 g/mol. The Morgan fingerprint density at radius 3 is 2.43 bits per heavy atom. The molecule has 0 saturated heterocycles. The van der Waals surface area contributed by atoms with Crippen LogP contribution in [-0.4, -0.2) is 32.3 Å². The highest BCUT2D eigenvalue weighted by Crippen LogP contribution is 2.02. The zero-order valence-corrected chi connectivity index (χ0v) is 13.3. The highest BCUT2D eigenvalue weighted by molar-refractivity contribution is 5.73. The zero-order valence-electron chi connectivity index (χ0n) is 13.3. The Hall–Kier alpha value is -1.55. The molecule has 0 heterocycles. The molecule has 0 aliphatic carbocycles. The lowest BCUT2D eigenvalue weighted by molar-refractivity contribution is 0.129. The molecule has 0 fully saturated rings. The van der Waals surface area contributed by atoms with Crippen LogP contribution in [0.25, 0.3) is 0 Å². The van der Waals surface area contributed by atoms with Gasteiger partial charge in [-0.3, -0.25) is 0 Å². The third kappa shape index (κ3) is 9.08. The molecular weight excluding hydrogens is 264 g/mol. The average Bonchev–Trinajstić information content (AvgIpc) is 2.48. The smallest absolute Gasteiger partial charge is 0.314 e. The monoisotopic (exact) mass is 292 g/mol. The number of rotatable bonds is 10. The molecule has 2 N–H and O–H groups in total. The number of urea groups is 1. The topological polar surface area (TPSA) is 50.4 Å². The number of amides is 2. The molecule has 0 radical (unpaired) electrons. The van der Waals surface area contributed by atoms with Gasteiger partial charge < -0.3 is 15.4 Å². The molecule has 118 valence electrons. The number of benzene rings is 1. The van der Waals surface area contributed by atoms with E-state index in [9.17, 15) is 4.79 Å². The Kier molecular flexibility index (Phi) is 9.29. The third-order valence-electron chi connectivity index (χ3n) is 3.21. The molecule has 0 atom stereocenters. The van der Waals surface area contributed by atoms with Crippen molar-refractivity contribution in [2.24, 2.45) is 0 Å². The molecule has 0 spiro atoms. The Morgan fingerprint density at radius 2 is 1.71 bits per heavy atom. The zero-order chi connectivity index (χ0) is 15.3. The van der Waals surface area contributed by atoms with Crippen molar-refractivity contribution >= 4 is 6.03 Å². The van der Waals surface area contributed by atoms with Gasteiger partial charge in [0.1, 0.15) is 0 Å². The van der Waals surface area contributed by atoms with Gasteiger partial charge in [-0.25, -0.2) is 4.79 Å². The summed E-state index contributed by atoms with van der Waals surface area (Å²) in [5.41, 5.74) is 2.50. The van der Waals surface area contributed by atoms with Crippen LogP contribution in [0.4, 0.5) is 4.79 Å². The number of unbranched alkanes of at least 4 members (excludes halogenated alkanes) is 1. The second-order valence-electron chi connectivity index (χ2n) is 5.24. The summed E-state index contributed by atoms with van der Waals surface area (Å²) < 4.78 is 5.43. The van der Waals surface area contributed by atoms with Gasteiger partial charge in [-0.1, -0.05) is 43.2 Å². The largest absolute Gasteiger partial charge is 0.381 e. The number of carbonyl (C=O) groups is 1. The molecule has 0 saturated carbocycles. The van der Waals surface area contributed by atoms with Gasteiger partial charge in [0.2, 0.25) is 0 Å². The second-order valence-corrected chi connectivity index (χ2v) is 5.24. The summed E-state index contributed by atoms with van der Waals surface area (Å²) in [6.07, 6.45) is 3.97. The van der Waals surface area contributed by atoms with E-state index in [2.05, 4.69) is 48.7 Å². The van der Waals surface area contributed by atoms with Crippen LogP contribution < -0.4 is 10.6 Å². The second kappa shape index (κ2) is 11.1. The summed E-state index contributed by atoms with van der Waals surface area (Å²) in [6.45, 7) is 7.06. The minimum Gasteiger partial charge on any atom is -0.381 e. The van der Waals surface area contributed by atoms with Crippen LogP contribution >= 0.6 is 0 Å². The van der Waals surface area contributed by atoms with Crippen LogP contribution in [-0.2, 0) is 11.2 Å². The first kappa shape index (κ1) is 17.5. The van der Waals surface area contributed by atoms with E-state index in [1.165, 1.54) is 11.1 Å². The van der Waals surface area contributed by atoms with Crippen molar-refractivity contribution in [3.8, 4) is 0 Å². The quantitative estimate of drug-likeness (QED) is 0.651. The van der Waals surface area contributed by atoms with Crippen molar-refractivity contribution in [1.82, 2.24) is 10.6 Å². The SMILES string of the molecule is CCCCOCCCNC(=O)NCCc1ccc(C)cc1. The standard InChI is InChI=1S/C17H28N2O2/c1-3-4-13-21-14-5-11-18-17(20)19-12-10-16-8-6-15(2)7-9-16/h6-9H,3-5,10-14H2,1-2H3,(H2,18,19,20). The summed E-state index contributed by atoms with van der Waals surface area (Å²) in [4.78, 5) is 11.6. The van der Waals surface area contributed by atoms with Gasteiger partial charge in [0.05, 0.1) is 0 Å². The predicted molar refractivity (Wildman–Crippen MR) is 86.6 cm³/mol. The fraction of sp³-hybridized carbons (Fsp3) is 0.588. The van der Waals surface area contributed by atoms with E-state index in [1.807, 2.05) is 0 Å². The van der Waals surface area contributed by atoms with E-state index in [0.717, 1.165) is 32.3 Å². The van der Waals surface area contributed by atoms with Crippen LogP contribution in [0.1, 0.15) is 37.3 Å². The van der Waals surface area contributed by atoms with Gasteiger partial charge in [-0.15, -0.1) is 0 Å². The minimum absolute atomic E-state index is 0.101. The van der Waals surface area contributed by atoms with E-state index >= 15 is 0 Å². The molecular formula is C17H28N2O2. The van der Waals surface area contributed by atoms with Gasteiger partial charge in [-0.2, -0.15) is 0 Å². The van der Waals surface area contributed by atoms with Crippen LogP contribution in [0, 0.1) is 6.92 Å². The van der Waals surface area contributed by atoms with Crippen molar-refractivity contribution in [2.45, 2.75) is 39.5 Å². The van der Waals surface area contributed by atoms with Gasteiger partial charge in [0.25, 0.3) is 0 Å². The maximum atomic E-state index is 11.6. The molecule has 0 aliphatic heterocycles. The van der Waals surface area contributed by atoms with Crippen molar-refractivity contribution in [3.63, 3.8) is 0 Å². The van der Waals surface area contributed by atoms with E-state index < -0.39 is 0 Å². The number of nitrogens with one attached hydrogen (secondary N) is 2. The molecule has 0 bridgehead atoms. The lowest BCUT2D eigenvalue weighted by atomic mass is 10.1. The number of hydrogen-bond acceptors (Lipinski definition) is 2. The molecule has 1 rings (SSSR count). The first-order valence-corrected chi connectivity index (χ1v) is 7.87. The molecule has 1 aromatic rings. The number of aryl methyl sites for hydroxylation is 1. The third-order valence-corrected chi connectivity index (χ3v) is 3.21. The van der Waals surface area contributed by atoms with Crippen molar-refractivity contribution < 1.29 is 9.53 Å². The van der Waals surface area contributed by atoms with E-state index in [-0.39, 0.29) is 6.03 Å². The summed E-state index contributed by atoms with van der Waals surface area (Å²) in [5, 5.41) is 5.70. The summed E-state index contributed by atoms with van der Waals surface area (Å²) in [7, 11) is 0. The van der Waals surface area contributed by atoms with E-state index in [4.69, 9.17) is 4.74 Å². The summed E-state index contributed by atoms with van der Waals surface area (Å²) in [5.74, 6) is 0. The fourth-order valence-electron chi connectivity index (χ4n) is 1.86. The Morgan fingerprint density at radius 1 is 1.05 bits per heavy atom. The molecule has 4 nitrogen and oxygen atoms in total. The first-order valence-electron chi connectivity index (χ1n) is 7.87. The predicted octanol–water partition coefficient (Wildman–Crippen LogP) is 3.04.